The summed E-state index contributed by atoms with van der Waals surface area (Å²) in [6.45, 7) is 3.12. The molecule has 4 aliphatic rings. The van der Waals surface area contributed by atoms with E-state index in [0.717, 1.165) is 48.3 Å². The van der Waals surface area contributed by atoms with Crippen LogP contribution >= 0.6 is 0 Å². The van der Waals surface area contributed by atoms with Crippen LogP contribution in [0, 0.1) is 6.08 Å². The first-order valence-corrected chi connectivity index (χ1v) is 10.3. The predicted molar refractivity (Wildman–Crippen MR) is 113 cm³/mol. The highest BCUT2D eigenvalue weighted by molar-refractivity contribution is 6.25. The van der Waals surface area contributed by atoms with Crippen molar-refractivity contribution in [3.05, 3.63) is 70.2 Å². The van der Waals surface area contributed by atoms with Crippen molar-refractivity contribution in [3.8, 4) is 0 Å². The van der Waals surface area contributed by atoms with E-state index in [2.05, 4.69) is 52.1 Å². The summed E-state index contributed by atoms with van der Waals surface area (Å²) in [5.74, 6) is -0.199. The molecule has 0 radical (unpaired) electrons. The first-order valence-electron chi connectivity index (χ1n) is 10.3. The minimum absolute atomic E-state index is 0.0766. The van der Waals surface area contributed by atoms with Gasteiger partial charge in [-0.3, -0.25) is 4.79 Å². The maximum Gasteiger partial charge on any atom is 0.257 e. The van der Waals surface area contributed by atoms with E-state index in [0.29, 0.717) is 11.3 Å². The van der Waals surface area contributed by atoms with Crippen molar-refractivity contribution in [3.63, 3.8) is 0 Å². The fraction of sp³-hybridized carbons (Fsp3) is 0.292. The van der Waals surface area contributed by atoms with Crippen LogP contribution in [0.15, 0.2) is 36.0 Å². The fourth-order valence-corrected chi connectivity index (χ4v) is 5.34. The lowest BCUT2D eigenvalue weighted by atomic mass is 9.90. The van der Waals surface area contributed by atoms with Gasteiger partial charge in [0, 0.05) is 24.7 Å². The second-order valence-corrected chi connectivity index (χ2v) is 8.06. The Hall–Kier alpha value is -3.14. The molecular weight excluding hydrogens is 362 g/mol. The quantitative estimate of drug-likeness (QED) is 0.798. The first-order chi connectivity index (χ1) is 14.2. The van der Waals surface area contributed by atoms with Crippen molar-refractivity contribution in [1.29, 1.82) is 0 Å². The number of carbonyl (C=O) groups is 1. The van der Waals surface area contributed by atoms with E-state index in [-0.39, 0.29) is 11.9 Å². The highest BCUT2D eigenvalue weighted by Crippen LogP contribution is 2.53. The number of aromatic nitrogens is 1. The predicted octanol–water partition coefficient (Wildman–Crippen LogP) is 3.41. The van der Waals surface area contributed by atoms with Crippen LogP contribution in [0.25, 0.3) is 17.7 Å². The molecule has 2 aromatic rings. The number of unbranched alkanes of at least 4 members (excludes halogenated alkanes) is 1. The van der Waals surface area contributed by atoms with Gasteiger partial charge in [-0.25, -0.2) is 0 Å². The molecule has 0 fully saturated rings. The Morgan fingerprint density at radius 2 is 2.17 bits per heavy atom. The molecule has 1 amide bonds. The van der Waals surface area contributed by atoms with E-state index in [9.17, 15) is 9.90 Å². The molecule has 2 N–H and O–H groups in total. The average molecular weight is 384 g/mol. The Bertz CT molecular complexity index is 1150. The van der Waals surface area contributed by atoms with Crippen LogP contribution < -0.4 is 10.2 Å². The number of amides is 1. The van der Waals surface area contributed by atoms with Gasteiger partial charge in [-0.15, -0.1) is 0 Å². The van der Waals surface area contributed by atoms with Crippen LogP contribution in [0.2, 0.25) is 0 Å². The number of nitrogens with zero attached hydrogens (tertiary/aromatic N) is 2. The lowest BCUT2D eigenvalue weighted by molar-refractivity contribution is -0.116. The van der Waals surface area contributed by atoms with Crippen molar-refractivity contribution in [2.45, 2.75) is 45.0 Å². The number of para-hydroxylation sites is 1. The fourth-order valence-electron chi connectivity index (χ4n) is 5.34. The largest absolute Gasteiger partial charge is 0.368 e. The van der Waals surface area contributed by atoms with Crippen LogP contribution in [-0.2, 0) is 17.8 Å². The first kappa shape index (κ1) is 16.8. The zero-order valence-electron chi connectivity index (χ0n) is 16.3. The van der Waals surface area contributed by atoms with Gasteiger partial charge in [-0.05, 0) is 18.1 Å². The Labute approximate surface area is 169 Å². The van der Waals surface area contributed by atoms with Crippen LogP contribution in [0.1, 0.15) is 53.9 Å². The maximum absolute atomic E-state index is 13.0. The standard InChI is InChI=1S/C24H21N3O2/c1-2-3-12-26-17-11-7-5-9-15(17)19-20-22(24(29)25-23(20)28)27-16-10-6-4-8-14(16)13-18(27)21(19)26/h4,6-11,18,24,29H,2-3,12-13H2,1H3/p+1. The maximum atomic E-state index is 13.0. The van der Waals surface area contributed by atoms with E-state index in [1.807, 2.05) is 18.2 Å². The van der Waals surface area contributed by atoms with Gasteiger partial charge < -0.3 is 19.9 Å². The van der Waals surface area contributed by atoms with Crippen LogP contribution in [0.4, 0.5) is 5.69 Å². The summed E-state index contributed by atoms with van der Waals surface area (Å²) in [6, 6.07) is 8.40. The SMILES string of the molecule is CCCCn1c2c(c3c1C1Cc4ccccc4N1C1=C3C(=O)NC1O)C=[C+]C=C2. The molecule has 1 aromatic heterocycles. The van der Waals surface area contributed by atoms with E-state index in [1.54, 1.807) is 0 Å². The Balaban J connectivity index is 1.68. The molecular formula is C24H22N3O2+. The number of hydrogen-bond donors (Lipinski definition) is 2. The summed E-state index contributed by atoms with van der Waals surface area (Å²) in [6.07, 6.45) is 11.3. The van der Waals surface area contributed by atoms with Crippen molar-refractivity contribution in [1.82, 2.24) is 9.88 Å². The number of nitrogens with one attached hydrogen (secondary N) is 1. The summed E-state index contributed by atoms with van der Waals surface area (Å²) in [7, 11) is 0. The Morgan fingerprint density at radius 1 is 1.31 bits per heavy atom. The number of anilines is 1. The summed E-state index contributed by atoms with van der Waals surface area (Å²) in [4.78, 5) is 15.2. The lowest BCUT2D eigenvalue weighted by Gasteiger charge is -2.34. The molecule has 4 heterocycles. The van der Waals surface area contributed by atoms with E-state index >= 15 is 0 Å². The molecule has 29 heavy (non-hydrogen) atoms. The van der Waals surface area contributed by atoms with E-state index in [4.69, 9.17) is 0 Å². The number of hydrogen-bond acceptors (Lipinski definition) is 3. The normalized spacial score (nSPS) is 22.7. The van der Waals surface area contributed by atoms with Gasteiger partial charge in [-0.2, -0.15) is 0 Å². The number of fused-ring (bicyclic) bond motifs is 9. The zero-order chi connectivity index (χ0) is 19.7. The highest BCUT2D eigenvalue weighted by Gasteiger charge is 2.51. The van der Waals surface area contributed by atoms with Gasteiger partial charge in [0.2, 0.25) is 0 Å². The zero-order valence-corrected chi connectivity index (χ0v) is 16.3. The summed E-state index contributed by atoms with van der Waals surface area (Å²) in [5, 5.41) is 13.5. The van der Waals surface area contributed by atoms with Crippen molar-refractivity contribution in [2.75, 3.05) is 4.90 Å². The monoisotopic (exact) mass is 384 g/mol. The lowest BCUT2D eigenvalue weighted by Crippen LogP contribution is -2.37. The average Bonchev–Trinajstić information content (AvgIpc) is 3.36. The van der Waals surface area contributed by atoms with Gasteiger partial charge in [0.1, 0.15) is 17.7 Å². The number of benzene rings is 1. The Morgan fingerprint density at radius 3 is 3.03 bits per heavy atom. The molecule has 144 valence electrons. The number of aliphatic hydroxyl groups excluding tert-OH is 1. The topological polar surface area (TPSA) is 57.5 Å². The number of aliphatic hydroxyl groups is 1. The summed E-state index contributed by atoms with van der Waals surface area (Å²) < 4.78 is 2.40. The summed E-state index contributed by atoms with van der Waals surface area (Å²) >= 11 is 0. The van der Waals surface area contributed by atoms with Gasteiger partial charge >= 0.3 is 0 Å². The van der Waals surface area contributed by atoms with Crippen molar-refractivity contribution >= 4 is 29.3 Å². The second-order valence-electron chi connectivity index (χ2n) is 8.06. The molecule has 1 aliphatic carbocycles. The third-order valence-corrected chi connectivity index (χ3v) is 6.49. The van der Waals surface area contributed by atoms with Crippen LogP contribution in [-0.4, -0.2) is 21.8 Å². The van der Waals surface area contributed by atoms with Crippen molar-refractivity contribution in [2.24, 2.45) is 0 Å². The molecule has 1 aromatic carbocycles. The minimum atomic E-state index is -0.985. The molecule has 5 nitrogen and oxygen atoms in total. The van der Waals surface area contributed by atoms with E-state index in [1.165, 1.54) is 11.3 Å². The molecule has 0 saturated carbocycles. The number of carbonyl (C=O) groups excluding carboxylic acids is 1. The van der Waals surface area contributed by atoms with Crippen LogP contribution in [0.5, 0.6) is 0 Å². The summed E-state index contributed by atoms with van der Waals surface area (Å²) in [5.41, 5.74) is 7.99. The third-order valence-electron chi connectivity index (χ3n) is 6.49. The molecule has 0 bridgehead atoms. The number of allylic oxidation sites excluding steroid dienone is 2. The smallest absolute Gasteiger partial charge is 0.257 e. The molecule has 5 heteroatoms. The Kier molecular flexibility index (Phi) is 3.43. The second kappa shape index (κ2) is 5.93. The van der Waals surface area contributed by atoms with Gasteiger partial charge in [-0.1, -0.05) is 31.5 Å². The third kappa shape index (κ3) is 2.09. The molecule has 0 saturated heterocycles. The highest BCUT2D eigenvalue weighted by atomic mass is 16.3. The van der Waals surface area contributed by atoms with E-state index < -0.39 is 6.23 Å². The van der Waals surface area contributed by atoms with Gasteiger partial charge in [0.25, 0.3) is 5.91 Å². The number of rotatable bonds is 3. The van der Waals surface area contributed by atoms with Gasteiger partial charge in [0.15, 0.2) is 11.9 Å². The molecule has 6 rings (SSSR count). The molecule has 2 unspecified atom stereocenters. The molecule has 2 atom stereocenters. The molecule has 3 aliphatic heterocycles. The van der Waals surface area contributed by atoms with Crippen LogP contribution in [0.3, 0.4) is 0 Å². The van der Waals surface area contributed by atoms with Gasteiger partial charge in [0.05, 0.1) is 34.6 Å². The minimum Gasteiger partial charge on any atom is -0.368 e. The molecule has 0 spiro atoms. The van der Waals surface area contributed by atoms with Crippen molar-refractivity contribution < 1.29 is 9.90 Å².